The molecule has 0 unspecified atom stereocenters. The van der Waals surface area contributed by atoms with Crippen molar-refractivity contribution in [2.45, 2.75) is 38.8 Å². The van der Waals surface area contributed by atoms with Crippen molar-refractivity contribution < 1.29 is 86.3 Å². The molecule has 0 radical (unpaired) electrons. The van der Waals surface area contributed by atoms with Crippen LogP contribution in [0.5, 0.6) is 11.5 Å². The summed E-state index contributed by atoms with van der Waals surface area (Å²) in [7, 11) is -16.0. The Morgan fingerprint density at radius 3 is 1.46 bits per heavy atom. The summed E-state index contributed by atoms with van der Waals surface area (Å²) in [5.74, 6) is 12.2. The molecule has 25 nitrogen and oxygen atoms in total. The zero-order valence-electron chi connectivity index (χ0n) is 36.1. The summed E-state index contributed by atoms with van der Waals surface area (Å²) in [5.41, 5.74) is 1.38. The molecule has 0 saturated heterocycles. The second-order valence-electron chi connectivity index (χ2n) is 14.6. The average molecular weight is 1020 g/mol. The molecule has 0 aliphatic heterocycles. The minimum absolute atomic E-state index is 0.0229. The number of pyridine rings is 1. The molecule has 0 fully saturated rings. The summed E-state index contributed by atoms with van der Waals surface area (Å²) in [6.45, 7) is -0.0114. The second-order valence-corrected chi connectivity index (χ2v) is 21.1. The lowest BCUT2D eigenvalue weighted by Crippen LogP contribution is -2.26. The minimum atomic E-state index is -4.76. The zero-order valence-corrected chi connectivity index (χ0v) is 39.7. The first-order valence-corrected chi connectivity index (χ1v) is 27.0. The Labute approximate surface area is 384 Å². The van der Waals surface area contributed by atoms with Crippen LogP contribution in [0.15, 0.2) is 48.8 Å². The van der Waals surface area contributed by atoms with Crippen LogP contribution >= 0.6 is 30.4 Å². The maximum Gasteiger partial charge on any atom is 0.339 e. The molecule has 4 aromatic rings. The molecule has 1 aromatic carbocycles. The van der Waals surface area contributed by atoms with E-state index in [-0.39, 0.29) is 69.0 Å². The molecule has 0 aliphatic rings. The Morgan fingerprint density at radius 2 is 1.06 bits per heavy atom. The van der Waals surface area contributed by atoms with Crippen LogP contribution in [-0.4, -0.2) is 150 Å². The van der Waals surface area contributed by atoms with Crippen molar-refractivity contribution in [3.05, 3.63) is 76.9 Å². The standard InChI is InChI=1S/C38H51N7O18P4/c1-60-15-17-62-34-22-31(35(63-18-16-61-2)21-30(34)7-5-3-4-6-8-38(46)47)10-9-29-19-36(44-13-11-32(40-44)23-42(25-64(48,49)50)26-65(51,52)53)39-37(20-29)45-14-12-33(41-45)24-43(27-66(54,55)56)28-67(57,58)59/h11-14,19-22H,3-4,6,8,15-18,23-28H2,1-2H3,(H,46,47)(H2,48,49,50)(H2,51,52,53)(H2,54,55,56)(H2,57,58,59). The van der Waals surface area contributed by atoms with Crippen LogP contribution in [0, 0.1) is 23.7 Å². The summed E-state index contributed by atoms with van der Waals surface area (Å²) >= 11 is 0. The van der Waals surface area contributed by atoms with E-state index in [2.05, 4.69) is 38.9 Å². The number of hydrogen-bond acceptors (Lipinski definition) is 14. The Hall–Kier alpha value is -4.58. The summed E-state index contributed by atoms with van der Waals surface area (Å²) in [5, 5.41) is 17.8. The third-order valence-corrected chi connectivity index (χ3v) is 11.6. The largest absolute Gasteiger partial charge is 0.490 e. The van der Waals surface area contributed by atoms with Crippen LogP contribution in [0.1, 0.15) is 53.8 Å². The van der Waals surface area contributed by atoms with E-state index < -0.39 is 61.5 Å². The molecule has 67 heavy (non-hydrogen) atoms. The maximum atomic E-state index is 11.8. The first kappa shape index (κ1) is 55.0. The predicted octanol–water partition coefficient (Wildman–Crippen LogP) is 2.04. The van der Waals surface area contributed by atoms with Gasteiger partial charge in [-0.05, 0) is 37.1 Å². The van der Waals surface area contributed by atoms with Crippen LogP contribution in [0.4, 0.5) is 0 Å². The highest BCUT2D eigenvalue weighted by molar-refractivity contribution is 7.53. The number of unbranched alkanes of at least 4 members (excludes halogenated alkanes) is 2. The Balaban J connectivity index is 1.84. The van der Waals surface area contributed by atoms with Gasteiger partial charge in [0.1, 0.15) is 49.9 Å². The number of nitrogens with zero attached hydrogens (tertiary/aromatic N) is 7. The van der Waals surface area contributed by atoms with Crippen LogP contribution in [0.25, 0.3) is 11.6 Å². The number of ether oxygens (including phenoxy) is 4. The second kappa shape index (κ2) is 25.2. The van der Waals surface area contributed by atoms with Gasteiger partial charge in [-0.25, -0.2) is 14.3 Å². The van der Waals surface area contributed by atoms with Gasteiger partial charge in [-0.3, -0.25) is 32.9 Å². The highest BCUT2D eigenvalue weighted by Crippen LogP contribution is 2.42. The molecule has 0 bridgehead atoms. The fourth-order valence-corrected chi connectivity index (χ4v) is 9.20. The molecule has 0 amide bonds. The van der Waals surface area contributed by atoms with Crippen LogP contribution in [0.3, 0.4) is 0 Å². The van der Waals surface area contributed by atoms with Gasteiger partial charge in [0.05, 0.1) is 35.7 Å². The molecule has 3 aromatic heterocycles. The van der Waals surface area contributed by atoms with Gasteiger partial charge in [-0.1, -0.05) is 23.7 Å². The fourth-order valence-electron chi connectivity index (χ4n) is 6.00. The van der Waals surface area contributed by atoms with Crippen molar-refractivity contribution in [1.29, 1.82) is 0 Å². The first-order chi connectivity index (χ1) is 31.4. The van der Waals surface area contributed by atoms with Crippen molar-refractivity contribution in [3.8, 4) is 46.8 Å². The Morgan fingerprint density at radius 1 is 0.627 bits per heavy atom. The van der Waals surface area contributed by atoms with Crippen LogP contribution < -0.4 is 9.47 Å². The molecule has 0 aliphatic carbocycles. The van der Waals surface area contributed by atoms with E-state index in [0.717, 1.165) is 9.80 Å². The van der Waals surface area contributed by atoms with Crippen molar-refractivity contribution in [2.24, 2.45) is 0 Å². The quantitative estimate of drug-likeness (QED) is 0.0247. The van der Waals surface area contributed by atoms with E-state index >= 15 is 0 Å². The normalized spacial score (nSPS) is 12.2. The fraction of sp³-hybridized carbons (Fsp3) is 0.421. The summed E-state index contributed by atoms with van der Waals surface area (Å²) in [6, 6.07) is 9.19. The summed E-state index contributed by atoms with van der Waals surface area (Å²) in [6.07, 6.45) is 0.429. The summed E-state index contributed by atoms with van der Waals surface area (Å²) < 4.78 is 72.1. The van der Waals surface area contributed by atoms with Gasteiger partial charge in [0, 0.05) is 70.2 Å². The molecule has 0 spiro atoms. The predicted molar refractivity (Wildman–Crippen MR) is 237 cm³/mol. The third kappa shape index (κ3) is 21.1. The molecule has 29 heteroatoms. The number of carbonyl (C=O) groups is 1. The number of benzene rings is 1. The van der Waals surface area contributed by atoms with Gasteiger partial charge in [0.2, 0.25) is 0 Å². The van der Waals surface area contributed by atoms with Crippen molar-refractivity contribution in [2.75, 3.05) is 65.8 Å². The van der Waals surface area contributed by atoms with Crippen molar-refractivity contribution >= 4 is 36.4 Å². The lowest BCUT2D eigenvalue weighted by Gasteiger charge is -2.21. The SMILES string of the molecule is COCCOc1cc(C#Cc2cc(-n3ccc(CN(CP(=O)(O)O)CP(=O)(O)O)n3)nc(-n3ccc(CN(CP(=O)(O)O)CP(=O)(O)O)n3)c2)c(OCCOC)cc1C#CCCCCC(=O)O. The maximum absolute atomic E-state index is 11.8. The molecule has 3 heterocycles. The Bertz CT molecular complexity index is 2470. The van der Waals surface area contributed by atoms with E-state index in [0.29, 0.717) is 47.5 Å². The zero-order chi connectivity index (χ0) is 49.4. The molecule has 0 saturated carbocycles. The van der Waals surface area contributed by atoms with Gasteiger partial charge in [-0.15, -0.1) is 0 Å². The molecular formula is C38H51N7O18P4. The van der Waals surface area contributed by atoms with E-state index in [9.17, 15) is 62.2 Å². The monoisotopic (exact) mass is 1020 g/mol. The number of hydrogen-bond donors (Lipinski definition) is 9. The number of aliphatic carboxylic acids is 1. The lowest BCUT2D eigenvalue weighted by atomic mass is 10.1. The third-order valence-electron chi connectivity index (χ3n) is 8.54. The number of carboxylic acid groups (broad SMARTS) is 1. The summed E-state index contributed by atoms with van der Waals surface area (Å²) in [4.78, 5) is 93.8. The molecular weight excluding hydrogens is 966 g/mol. The van der Waals surface area contributed by atoms with Gasteiger partial charge in [0.15, 0.2) is 11.6 Å². The number of rotatable bonds is 26. The van der Waals surface area contributed by atoms with Crippen LogP contribution in [-0.2, 0) is 45.6 Å². The molecule has 366 valence electrons. The van der Waals surface area contributed by atoms with Gasteiger partial charge < -0.3 is 63.2 Å². The highest BCUT2D eigenvalue weighted by Gasteiger charge is 2.28. The van der Waals surface area contributed by atoms with Gasteiger partial charge in [-0.2, -0.15) is 10.2 Å². The molecule has 9 N–H and O–H groups in total. The Kier molecular flexibility index (Phi) is 20.7. The average Bonchev–Trinajstić information content (AvgIpc) is 3.86. The first-order valence-electron chi connectivity index (χ1n) is 19.8. The number of aromatic nitrogens is 5. The van der Waals surface area contributed by atoms with E-state index in [1.807, 2.05) is 0 Å². The van der Waals surface area contributed by atoms with Gasteiger partial charge >= 0.3 is 36.4 Å². The number of carboxylic acids is 1. The highest BCUT2D eigenvalue weighted by atomic mass is 31.2. The van der Waals surface area contributed by atoms with E-state index in [4.69, 9.17) is 24.1 Å². The minimum Gasteiger partial charge on any atom is -0.490 e. The molecule has 4 rings (SSSR count). The smallest absolute Gasteiger partial charge is 0.339 e. The number of methoxy groups -OCH3 is 2. The van der Waals surface area contributed by atoms with E-state index in [1.54, 1.807) is 12.1 Å². The molecule has 0 atom stereocenters. The van der Waals surface area contributed by atoms with Crippen LogP contribution in [0.2, 0.25) is 0 Å². The lowest BCUT2D eigenvalue weighted by molar-refractivity contribution is -0.137. The van der Waals surface area contributed by atoms with E-state index in [1.165, 1.54) is 60.2 Å². The van der Waals surface area contributed by atoms with Gasteiger partial charge in [0.25, 0.3) is 0 Å². The van der Waals surface area contributed by atoms with Crippen molar-refractivity contribution in [1.82, 2.24) is 34.3 Å². The van der Waals surface area contributed by atoms with Crippen molar-refractivity contribution in [3.63, 3.8) is 0 Å². The topological polar surface area (TPSA) is 359 Å².